The lowest BCUT2D eigenvalue weighted by atomic mass is 9.80. The molecule has 3 rings (SSSR count). The fourth-order valence-electron chi connectivity index (χ4n) is 4.31. The maximum atomic E-state index is 11.5. The predicted molar refractivity (Wildman–Crippen MR) is 92.3 cm³/mol. The molecule has 2 unspecified atom stereocenters. The molecule has 0 N–H and O–H groups in total. The maximum absolute atomic E-state index is 11.5. The Balaban J connectivity index is 1.58. The smallest absolute Gasteiger partial charge is 0.133 e. The van der Waals surface area contributed by atoms with E-state index in [0.717, 1.165) is 25.2 Å². The maximum Gasteiger partial charge on any atom is 0.133 e. The number of benzene rings is 1. The van der Waals surface area contributed by atoms with Crippen molar-refractivity contribution in [3.63, 3.8) is 0 Å². The number of hydrogen-bond donors (Lipinski definition) is 0. The molecule has 1 aromatic rings. The van der Waals surface area contributed by atoms with Gasteiger partial charge in [-0.1, -0.05) is 57.2 Å². The van der Waals surface area contributed by atoms with Crippen molar-refractivity contribution in [1.29, 1.82) is 0 Å². The van der Waals surface area contributed by atoms with Gasteiger partial charge in [0.25, 0.3) is 0 Å². The predicted octanol–water partition coefficient (Wildman–Crippen LogP) is 5.60. The summed E-state index contributed by atoms with van der Waals surface area (Å²) in [6.07, 6.45) is 13.5. The normalized spacial score (nSPS) is 24.5. The lowest BCUT2D eigenvalue weighted by molar-refractivity contribution is -0.117. The van der Waals surface area contributed by atoms with E-state index in [9.17, 15) is 4.79 Å². The van der Waals surface area contributed by atoms with Gasteiger partial charge in [0.05, 0.1) is 0 Å². The average Bonchev–Trinajstić information content (AvgIpc) is 2.97. The molecule has 0 bridgehead atoms. The lowest BCUT2D eigenvalue weighted by Gasteiger charge is -2.26. The summed E-state index contributed by atoms with van der Waals surface area (Å²) in [5.74, 6) is 1.86. The molecule has 0 aromatic heterocycles. The molecule has 2 aliphatic carbocycles. The molecule has 1 heteroatoms. The van der Waals surface area contributed by atoms with Gasteiger partial charge in [-0.05, 0) is 54.2 Å². The molecule has 22 heavy (non-hydrogen) atoms. The summed E-state index contributed by atoms with van der Waals surface area (Å²) in [5.41, 5.74) is 4.58. The second kappa shape index (κ2) is 7.44. The highest BCUT2D eigenvalue weighted by Crippen LogP contribution is 2.35. The van der Waals surface area contributed by atoms with Gasteiger partial charge in [0.1, 0.15) is 5.78 Å². The number of aryl methyl sites for hydroxylation is 1. The molecule has 2 aliphatic rings. The average molecular weight is 298 g/mol. The van der Waals surface area contributed by atoms with Crippen molar-refractivity contribution in [3.8, 4) is 0 Å². The molecule has 120 valence electrons. The van der Waals surface area contributed by atoms with Gasteiger partial charge in [0.2, 0.25) is 0 Å². The number of ketones is 1. The summed E-state index contributed by atoms with van der Waals surface area (Å²) in [6, 6.07) is 7.10. The molecule has 0 spiro atoms. The summed E-state index contributed by atoms with van der Waals surface area (Å²) in [7, 11) is 0. The van der Waals surface area contributed by atoms with E-state index in [-0.39, 0.29) is 0 Å². The van der Waals surface area contributed by atoms with Crippen LogP contribution in [0.25, 0.3) is 0 Å². The molecule has 0 radical (unpaired) electrons. The van der Waals surface area contributed by atoms with E-state index in [2.05, 4.69) is 25.1 Å². The Hall–Kier alpha value is -1.11. The van der Waals surface area contributed by atoms with Gasteiger partial charge in [-0.2, -0.15) is 0 Å². The Kier molecular flexibility index (Phi) is 5.33. The molecule has 0 aliphatic heterocycles. The first-order chi connectivity index (χ1) is 10.8. The minimum absolute atomic E-state index is 0.454. The van der Waals surface area contributed by atoms with E-state index < -0.39 is 0 Å². The number of fused-ring (bicyclic) bond motifs is 1. The fraction of sp³-hybridized carbons (Fsp3) is 0.667. The number of Topliss-reactive ketones (excluding diaryl/α,β-unsaturated/α-hetero) is 1. The number of carbonyl (C=O) groups excluding carboxylic acids is 1. The van der Waals surface area contributed by atoms with Gasteiger partial charge in [-0.15, -0.1) is 0 Å². The van der Waals surface area contributed by atoms with Crippen molar-refractivity contribution < 1.29 is 4.79 Å². The highest BCUT2D eigenvalue weighted by molar-refractivity contribution is 5.81. The van der Waals surface area contributed by atoms with Crippen LogP contribution in [0, 0.1) is 5.92 Å². The molecule has 1 nitrogen and oxygen atoms in total. The molecular weight excluding hydrogens is 268 g/mol. The Labute approximate surface area is 135 Å². The van der Waals surface area contributed by atoms with Gasteiger partial charge >= 0.3 is 0 Å². The summed E-state index contributed by atoms with van der Waals surface area (Å²) in [5, 5.41) is 0. The van der Waals surface area contributed by atoms with Gasteiger partial charge in [0, 0.05) is 12.8 Å². The molecule has 1 fully saturated rings. The third-order valence-electron chi connectivity index (χ3n) is 5.74. The molecule has 1 aromatic carbocycles. The summed E-state index contributed by atoms with van der Waals surface area (Å²) < 4.78 is 0. The van der Waals surface area contributed by atoms with Gasteiger partial charge in [-0.3, -0.25) is 4.79 Å². The minimum atomic E-state index is 0.454. The zero-order chi connectivity index (χ0) is 15.4. The largest absolute Gasteiger partial charge is 0.300 e. The standard InChI is InChI=1S/C21H30O/c1-2-3-4-5-6-16-7-8-18-14-19(10-9-17(18)13-16)20-11-12-21(22)15-20/h9-10,14,16,20H,2-8,11-13,15H2,1H3. The van der Waals surface area contributed by atoms with Crippen molar-refractivity contribution in [1.82, 2.24) is 0 Å². The Morgan fingerprint density at radius 1 is 1.00 bits per heavy atom. The number of hydrogen-bond acceptors (Lipinski definition) is 1. The lowest BCUT2D eigenvalue weighted by Crippen LogP contribution is -2.15. The molecule has 0 heterocycles. The van der Waals surface area contributed by atoms with E-state index in [1.165, 1.54) is 56.9 Å². The van der Waals surface area contributed by atoms with Crippen LogP contribution >= 0.6 is 0 Å². The van der Waals surface area contributed by atoms with Crippen molar-refractivity contribution in [2.45, 2.75) is 83.5 Å². The van der Waals surface area contributed by atoms with Crippen LogP contribution in [0.1, 0.15) is 87.3 Å². The van der Waals surface area contributed by atoms with Gasteiger partial charge in [-0.25, -0.2) is 0 Å². The van der Waals surface area contributed by atoms with E-state index in [1.807, 2.05) is 0 Å². The fourth-order valence-corrected chi connectivity index (χ4v) is 4.31. The number of carbonyl (C=O) groups is 1. The van der Waals surface area contributed by atoms with Crippen LogP contribution in [0.15, 0.2) is 18.2 Å². The van der Waals surface area contributed by atoms with Crippen LogP contribution in [-0.4, -0.2) is 5.78 Å². The Morgan fingerprint density at radius 2 is 1.91 bits per heavy atom. The summed E-state index contributed by atoms with van der Waals surface area (Å²) in [4.78, 5) is 11.5. The topological polar surface area (TPSA) is 17.1 Å². The van der Waals surface area contributed by atoms with Gasteiger partial charge < -0.3 is 0 Å². The molecule has 1 saturated carbocycles. The molecule has 0 amide bonds. The van der Waals surface area contributed by atoms with Crippen LogP contribution in [0.4, 0.5) is 0 Å². The highest BCUT2D eigenvalue weighted by Gasteiger charge is 2.25. The Bertz CT molecular complexity index is 517. The van der Waals surface area contributed by atoms with Gasteiger partial charge in [0.15, 0.2) is 0 Å². The second-order valence-electron chi connectivity index (χ2n) is 7.46. The van der Waals surface area contributed by atoms with E-state index in [1.54, 1.807) is 11.1 Å². The second-order valence-corrected chi connectivity index (χ2v) is 7.46. The van der Waals surface area contributed by atoms with Crippen LogP contribution in [0.2, 0.25) is 0 Å². The summed E-state index contributed by atoms with van der Waals surface area (Å²) >= 11 is 0. The first-order valence-electron chi connectivity index (χ1n) is 9.39. The molecule has 2 atom stereocenters. The molecular formula is C21H30O. The monoisotopic (exact) mass is 298 g/mol. The van der Waals surface area contributed by atoms with Crippen LogP contribution in [0.3, 0.4) is 0 Å². The first-order valence-corrected chi connectivity index (χ1v) is 9.39. The zero-order valence-electron chi connectivity index (χ0n) is 14.1. The molecule has 0 saturated heterocycles. The van der Waals surface area contributed by atoms with E-state index >= 15 is 0 Å². The number of unbranched alkanes of at least 4 members (excludes halogenated alkanes) is 3. The third kappa shape index (κ3) is 3.80. The summed E-state index contributed by atoms with van der Waals surface area (Å²) in [6.45, 7) is 2.28. The third-order valence-corrected chi connectivity index (χ3v) is 5.74. The van der Waals surface area contributed by atoms with E-state index in [0.29, 0.717) is 11.7 Å². The highest BCUT2D eigenvalue weighted by atomic mass is 16.1. The van der Waals surface area contributed by atoms with Crippen molar-refractivity contribution in [2.24, 2.45) is 5.92 Å². The van der Waals surface area contributed by atoms with Crippen molar-refractivity contribution in [2.75, 3.05) is 0 Å². The number of rotatable bonds is 6. The zero-order valence-corrected chi connectivity index (χ0v) is 14.1. The SMILES string of the molecule is CCCCCCC1CCc2cc(C3CCC(=O)C3)ccc2C1. The van der Waals surface area contributed by atoms with Crippen molar-refractivity contribution >= 4 is 5.78 Å². The van der Waals surface area contributed by atoms with Crippen LogP contribution < -0.4 is 0 Å². The Morgan fingerprint density at radius 3 is 2.68 bits per heavy atom. The van der Waals surface area contributed by atoms with E-state index in [4.69, 9.17) is 0 Å². The first kappa shape index (κ1) is 15.8. The minimum Gasteiger partial charge on any atom is -0.300 e. The van der Waals surface area contributed by atoms with Crippen LogP contribution in [0.5, 0.6) is 0 Å². The van der Waals surface area contributed by atoms with Crippen molar-refractivity contribution in [3.05, 3.63) is 34.9 Å². The van der Waals surface area contributed by atoms with Crippen LogP contribution in [-0.2, 0) is 17.6 Å². The quantitative estimate of drug-likeness (QED) is 0.625.